The Kier molecular flexibility index (Phi) is 8.07. The molecule has 92 valence electrons. The Labute approximate surface area is 94.7 Å². The Balaban J connectivity index is 3.29. The van der Waals surface area contributed by atoms with Gasteiger partial charge in [-0.2, -0.15) is 0 Å². The molecule has 0 aromatic heterocycles. The van der Waals surface area contributed by atoms with Gasteiger partial charge in [0.1, 0.15) is 0 Å². The minimum atomic E-state index is -0.133. The summed E-state index contributed by atoms with van der Waals surface area (Å²) in [4.78, 5) is 0. The van der Waals surface area contributed by atoms with Crippen molar-refractivity contribution in [3.05, 3.63) is 0 Å². The van der Waals surface area contributed by atoms with Gasteiger partial charge < -0.3 is 10.2 Å². The van der Waals surface area contributed by atoms with Gasteiger partial charge in [-0.1, -0.05) is 40.0 Å². The topological polar surface area (TPSA) is 40.5 Å². The molecule has 15 heavy (non-hydrogen) atoms. The highest BCUT2D eigenvalue weighted by Crippen LogP contribution is 2.22. The van der Waals surface area contributed by atoms with E-state index in [0.29, 0.717) is 5.41 Å². The molecule has 2 nitrogen and oxygen atoms in total. The average Bonchev–Trinajstić information content (AvgIpc) is 2.10. The molecule has 0 radical (unpaired) electrons. The molecular formula is C13H28O2. The van der Waals surface area contributed by atoms with Gasteiger partial charge >= 0.3 is 0 Å². The summed E-state index contributed by atoms with van der Waals surface area (Å²) in [5, 5.41) is 18.3. The third-order valence-electron chi connectivity index (χ3n) is 2.66. The van der Waals surface area contributed by atoms with Gasteiger partial charge in [-0.25, -0.2) is 0 Å². The van der Waals surface area contributed by atoms with Gasteiger partial charge in [-0.15, -0.1) is 0 Å². The zero-order valence-corrected chi connectivity index (χ0v) is 10.6. The zero-order chi connectivity index (χ0) is 11.7. The van der Waals surface area contributed by atoms with Crippen LogP contribution in [0.15, 0.2) is 0 Å². The SMILES string of the molecule is CC(C)(C)CCC[C@@H](O)CCCCCO. The summed E-state index contributed by atoms with van der Waals surface area (Å²) in [5.74, 6) is 0. The summed E-state index contributed by atoms with van der Waals surface area (Å²) in [5.41, 5.74) is 0.386. The second kappa shape index (κ2) is 8.12. The Morgan fingerprint density at radius 1 is 0.933 bits per heavy atom. The van der Waals surface area contributed by atoms with Gasteiger partial charge in [0.25, 0.3) is 0 Å². The highest BCUT2D eigenvalue weighted by atomic mass is 16.3. The molecule has 2 heteroatoms. The molecule has 0 aliphatic heterocycles. The lowest BCUT2D eigenvalue weighted by atomic mass is 9.89. The lowest BCUT2D eigenvalue weighted by Gasteiger charge is -2.19. The van der Waals surface area contributed by atoms with Gasteiger partial charge in [-0.3, -0.25) is 0 Å². The third-order valence-corrected chi connectivity index (χ3v) is 2.66. The predicted molar refractivity (Wildman–Crippen MR) is 64.9 cm³/mol. The van der Waals surface area contributed by atoms with E-state index in [9.17, 15) is 5.11 Å². The lowest BCUT2D eigenvalue weighted by Crippen LogP contribution is -2.10. The van der Waals surface area contributed by atoms with E-state index >= 15 is 0 Å². The fourth-order valence-corrected chi connectivity index (χ4v) is 1.68. The van der Waals surface area contributed by atoms with E-state index in [-0.39, 0.29) is 12.7 Å². The van der Waals surface area contributed by atoms with Crippen molar-refractivity contribution in [3.8, 4) is 0 Å². The lowest BCUT2D eigenvalue weighted by molar-refractivity contribution is 0.142. The van der Waals surface area contributed by atoms with Crippen molar-refractivity contribution >= 4 is 0 Å². The summed E-state index contributed by atoms with van der Waals surface area (Å²) in [6, 6.07) is 0. The first-order valence-electron chi connectivity index (χ1n) is 6.24. The van der Waals surface area contributed by atoms with Crippen LogP contribution in [0.3, 0.4) is 0 Å². The Bertz CT molecular complexity index is 138. The fraction of sp³-hybridized carbons (Fsp3) is 1.00. The molecule has 0 heterocycles. The van der Waals surface area contributed by atoms with Crippen LogP contribution in [0.25, 0.3) is 0 Å². The van der Waals surface area contributed by atoms with Gasteiger partial charge in [-0.05, 0) is 31.1 Å². The number of rotatable bonds is 8. The van der Waals surface area contributed by atoms with Gasteiger partial charge in [0, 0.05) is 6.61 Å². The molecule has 1 atom stereocenters. The number of unbranched alkanes of at least 4 members (excludes halogenated alkanes) is 2. The van der Waals surface area contributed by atoms with E-state index < -0.39 is 0 Å². The maximum atomic E-state index is 9.68. The first-order chi connectivity index (χ1) is 6.95. The molecule has 0 aliphatic rings. The summed E-state index contributed by atoms with van der Waals surface area (Å²) in [6.45, 7) is 6.99. The average molecular weight is 216 g/mol. The van der Waals surface area contributed by atoms with Crippen LogP contribution in [0.5, 0.6) is 0 Å². The molecule has 0 bridgehead atoms. The van der Waals surface area contributed by atoms with E-state index in [1.165, 1.54) is 6.42 Å². The van der Waals surface area contributed by atoms with Gasteiger partial charge in [0.05, 0.1) is 6.10 Å². The van der Waals surface area contributed by atoms with Crippen molar-refractivity contribution in [3.63, 3.8) is 0 Å². The normalized spacial score (nSPS) is 14.2. The molecule has 0 rings (SSSR count). The van der Waals surface area contributed by atoms with Gasteiger partial charge in [0.2, 0.25) is 0 Å². The van der Waals surface area contributed by atoms with Crippen molar-refractivity contribution in [2.75, 3.05) is 6.61 Å². The van der Waals surface area contributed by atoms with Gasteiger partial charge in [0.15, 0.2) is 0 Å². The van der Waals surface area contributed by atoms with Crippen molar-refractivity contribution in [2.24, 2.45) is 5.41 Å². The second-order valence-electron chi connectivity index (χ2n) is 5.68. The molecule has 0 amide bonds. The van der Waals surface area contributed by atoms with Crippen LogP contribution in [-0.4, -0.2) is 22.9 Å². The van der Waals surface area contributed by atoms with Crippen LogP contribution in [0.2, 0.25) is 0 Å². The summed E-state index contributed by atoms with van der Waals surface area (Å²) < 4.78 is 0. The van der Waals surface area contributed by atoms with Crippen LogP contribution in [0.4, 0.5) is 0 Å². The van der Waals surface area contributed by atoms with Crippen LogP contribution in [-0.2, 0) is 0 Å². The molecule has 2 N–H and O–H groups in total. The second-order valence-corrected chi connectivity index (χ2v) is 5.68. The maximum absolute atomic E-state index is 9.68. The molecule has 0 aromatic carbocycles. The van der Waals surface area contributed by atoms with E-state index in [0.717, 1.165) is 38.5 Å². The van der Waals surface area contributed by atoms with Crippen molar-refractivity contribution in [2.45, 2.75) is 71.8 Å². The molecular weight excluding hydrogens is 188 g/mol. The highest BCUT2D eigenvalue weighted by Gasteiger charge is 2.11. The minimum Gasteiger partial charge on any atom is -0.396 e. The first kappa shape index (κ1) is 14.9. The first-order valence-corrected chi connectivity index (χ1v) is 6.24. The number of hydrogen-bond acceptors (Lipinski definition) is 2. The predicted octanol–water partition coefficient (Wildman–Crippen LogP) is 3.12. The van der Waals surface area contributed by atoms with E-state index in [2.05, 4.69) is 20.8 Å². The number of aliphatic hydroxyl groups is 2. The van der Waals surface area contributed by atoms with Crippen LogP contribution >= 0.6 is 0 Å². The van der Waals surface area contributed by atoms with Crippen LogP contribution in [0.1, 0.15) is 65.7 Å². The summed E-state index contributed by atoms with van der Waals surface area (Å²) >= 11 is 0. The van der Waals surface area contributed by atoms with E-state index in [1.807, 2.05) is 0 Å². The van der Waals surface area contributed by atoms with E-state index in [1.54, 1.807) is 0 Å². The molecule has 0 aliphatic carbocycles. The summed E-state index contributed by atoms with van der Waals surface area (Å²) in [6.07, 6.45) is 6.93. The van der Waals surface area contributed by atoms with Crippen molar-refractivity contribution in [1.82, 2.24) is 0 Å². The quantitative estimate of drug-likeness (QED) is 0.612. The molecule has 0 unspecified atom stereocenters. The molecule has 0 fully saturated rings. The smallest absolute Gasteiger partial charge is 0.0540 e. The molecule has 0 spiro atoms. The molecule has 0 saturated heterocycles. The Morgan fingerprint density at radius 2 is 1.53 bits per heavy atom. The molecule has 0 aromatic rings. The zero-order valence-electron chi connectivity index (χ0n) is 10.6. The minimum absolute atomic E-state index is 0.133. The van der Waals surface area contributed by atoms with Crippen molar-refractivity contribution < 1.29 is 10.2 Å². The highest BCUT2D eigenvalue weighted by molar-refractivity contribution is 4.64. The Hall–Kier alpha value is -0.0800. The van der Waals surface area contributed by atoms with Crippen molar-refractivity contribution in [1.29, 1.82) is 0 Å². The molecule has 0 saturated carbocycles. The van der Waals surface area contributed by atoms with Crippen LogP contribution < -0.4 is 0 Å². The standard InChI is InChI=1S/C13H28O2/c1-13(2,3)10-7-9-12(15)8-5-4-6-11-14/h12,14-15H,4-11H2,1-3H3/t12-/m0/s1. The largest absolute Gasteiger partial charge is 0.396 e. The van der Waals surface area contributed by atoms with E-state index in [4.69, 9.17) is 5.11 Å². The third kappa shape index (κ3) is 11.8. The number of hydrogen-bond donors (Lipinski definition) is 2. The maximum Gasteiger partial charge on any atom is 0.0540 e. The van der Waals surface area contributed by atoms with Crippen LogP contribution in [0, 0.1) is 5.41 Å². The monoisotopic (exact) mass is 216 g/mol. The Morgan fingerprint density at radius 3 is 2.07 bits per heavy atom. The summed E-state index contributed by atoms with van der Waals surface area (Å²) in [7, 11) is 0. The fourth-order valence-electron chi connectivity index (χ4n) is 1.68. The number of aliphatic hydroxyl groups excluding tert-OH is 2.